The second-order valence-electron chi connectivity index (χ2n) is 4.45. The van der Waals surface area contributed by atoms with E-state index in [1.807, 2.05) is 12.1 Å². The molecular formula is C15H14BrClFNO. The molecule has 2 aromatic rings. The van der Waals surface area contributed by atoms with Crippen LogP contribution in [-0.4, -0.2) is 7.11 Å². The maximum absolute atomic E-state index is 13.6. The third kappa shape index (κ3) is 3.51. The van der Waals surface area contributed by atoms with Crippen molar-refractivity contribution in [1.29, 1.82) is 0 Å². The summed E-state index contributed by atoms with van der Waals surface area (Å²) in [4.78, 5) is 0. The van der Waals surface area contributed by atoms with Crippen LogP contribution in [0, 0.1) is 5.82 Å². The Morgan fingerprint density at radius 1 is 1.30 bits per heavy atom. The van der Waals surface area contributed by atoms with Crippen LogP contribution in [0.25, 0.3) is 0 Å². The van der Waals surface area contributed by atoms with Gasteiger partial charge in [-0.05, 0) is 41.8 Å². The van der Waals surface area contributed by atoms with Gasteiger partial charge in [0.1, 0.15) is 0 Å². The zero-order chi connectivity index (χ0) is 14.7. The lowest BCUT2D eigenvalue weighted by molar-refractivity contribution is 0.386. The number of benzene rings is 2. The maximum Gasteiger partial charge on any atom is 0.165 e. The first-order chi connectivity index (χ1) is 9.51. The van der Waals surface area contributed by atoms with Crippen LogP contribution in [0.3, 0.4) is 0 Å². The molecule has 2 aromatic carbocycles. The highest BCUT2D eigenvalue weighted by Gasteiger charge is 2.12. The summed E-state index contributed by atoms with van der Waals surface area (Å²) in [5.41, 5.74) is 7.92. The van der Waals surface area contributed by atoms with E-state index >= 15 is 0 Å². The van der Waals surface area contributed by atoms with Crippen LogP contribution in [0.2, 0.25) is 5.02 Å². The largest absolute Gasteiger partial charge is 0.494 e. The highest BCUT2D eigenvalue weighted by Crippen LogP contribution is 2.28. The van der Waals surface area contributed by atoms with Gasteiger partial charge in [0.2, 0.25) is 0 Å². The number of ether oxygens (including phenoxy) is 1. The van der Waals surface area contributed by atoms with Crippen molar-refractivity contribution in [3.63, 3.8) is 0 Å². The van der Waals surface area contributed by atoms with Crippen molar-refractivity contribution in [3.05, 3.63) is 62.8 Å². The lowest BCUT2D eigenvalue weighted by atomic mass is 9.99. The maximum atomic E-state index is 13.6. The summed E-state index contributed by atoms with van der Waals surface area (Å²) in [6, 6.07) is 10.1. The molecule has 0 saturated carbocycles. The summed E-state index contributed by atoms with van der Waals surface area (Å²) >= 11 is 9.34. The number of methoxy groups -OCH3 is 1. The molecule has 5 heteroatoms. The van der Waals surface area contributed by atoms with Gasteiger partial charge in [-0.25, -0.2) is 4.39 Å². The van der Waals surface area contributed by atoms with E-state index in [9.17, 15) is 4.39 Å². The zero-order valence-electron chi connectivity index (χ0n) is 10.9. The molecule has 0 amide bonds. The average Bonchev–Trinajstić information content (AvgIpc) is 2.38. The van der Waals surface area contributed by atoms with Crippen LogP contribution in [0.15, 0.2) is 40.9 Å². The highest BCUT2D eigenvalue weighted by molar-refractivity contribution is 9.10. The van der Waals surface area contributed by atoms with E-state index in [-0.39, 0.29) is 17.6 Å². The summed E-state index contributed by atoms with van der Waals surface area (Å²) in [5, 5.41) is 0.642. The van der Waals surface area contributed by atoms with Crippen molar-refractivity contribution in [1.82, 2.24) is 0 Å². The highest BCUT2D eigenvalue weighted by atomic mass is 79.9. The molecule has 0 aliphatic heterocycles. The van der Waals surface area contributed by atoms with Crippen LogP contribution >= 0.6 is 27.5 Å². The minimum atomic E-state index is -0.382. The van der Waals surface area contributed by atoms with Crippen molar-refractivity contribution >= 4 is 27.5 Å². The quantitative estimate of drug-likeness (QED) is 0.874. The third-order valence-corrected chi connectivity index (χ3v) is 3.96. The Balaban J connectivity index is 2.18. The molecule has 1 unspecified atom stereocenters. The Hall–Kier alpha value is -1.10. The first kappa shape index (κ1) is 15.3. The van der Waals surface area contributed by atoms with Crippen LogP contribution in [0.5, 0.6) is 5.75 Å². The van der Waals surface area contributed by atoms with Crippen molar-refractivity contribution in [2.45, 2.75) is 12.5 Å². The fourth-order valence-corrected chi connectivity index (χ4v) is 2.98. The Morgan fingerprint density at radius 3 is 2.65 bits per heavy atom. The smallest absolute Gasteiger partial charge is 0.165 e. The van der Waals surface area contributed by atoms with Gasteiger partial charge in [-0.15, -0.1) is 0 Å². The van der Waals surface area contributed by atoms with E-state index in [0.29, 0.717) is 11.4 Å². The molecule has 0 aromatic heterocycles. The molecule has 0 spiro atoms. The molecule has 0 aliphatic rings. The Kier molecular flexibility index (Phi) is 5.02. The lowest BCUT2D eigenvalue weighted by Gasteiger charge is -2.15. The summed E-state index contributed by atoms with van der Waals surface area (Å²) in [6.07, 6.45) is 0.529. The summed E-state index contributed by atoms with van der Waals surface area (Å²) in [6.45, 7) is 0. The van der Waals surface area contributed by atoms with Gasteiger partial charge >= 0.3 is 0 Å². The average molecular weight is 359 g/mol. The molecule has 20 heavy (non-hydrogen) atoms. The van der Waals surface area contributed by atoms with Gasteiger partial charge in [0, 0.05) is 15.5 Å². The van der Waals surface area contributed by atoms with Crippen molar-refractivity contribution in [2.24, 2.45) is 5.73 Å². The van der Waals surface area contributed by atoms with Gasteiger partial charge in [0.15, 0.2) is 11.6 Å². The Labute approximate surface area is 130 Å². The number of nitrogens with two attached hydrogens (primary N) is 1. The van der Waals surface area contributed by atoms with E-state index in [2.05, 4.69) is 15.9 Å². The van der Waals surface area contributed by atoms with Gasteiger partial charge in [0.25, 0.3) is 0 Å². The fourth-order valence-electron chi connectivity index (χ4n) is 2.00. The third-order valence-electron chi connectivity index (χ3n) is 3.03. The minimum absolute atomic E-state index is 0.231. The normalized spacial score (nSPS) is 12.2. The molecule has 106 valence electrons. The van der Waals surface area contributed by atoms with Gasteiger partial charge in [-0.1, -0.05) is 39.7 Å². The molecule has 1 atom stereocenters. The topological polar surface area (TPSA) is 35.2 Å². The van der Waals surface area contributed by atoms with E-state index < -0.39 is 0 Å². The van der Waals surface area contributed by atoms with Crippen LogP contribution < -0.4 is 10.5 Å². The van der Waals surface area contributed by atoms with Crippen molar-refractivity contribution < 1.29 is 9.13 Å². The van der Waals surface area contributed by atoms with E-state index in [0.717, 1.165) is 15.6 Å². The minimum Gasteiger partial charge on any atom is -0.494 e. The second-order valence-corrected chi connectivity index (χ2v) is 5.74. The van der Waals surface area contributed by atoms with Gasteiger partial charge in [0.05, 0.1) is 7.11 Å². The molecule has 0 bridgehead atoms. The van der Waals surface area contributed by atoms with Crippen LogP contribution in [-0.2, 0) is 6.42 Å². The zero-order valence-corrected chi connectivity index (χ0v) is 13.2. The fraction of sp³-hybridized carbons (Fsp3) is 0.200. The van der Waals surface area contributed by atoms with E-state index in [1.165, 1.54) is 13.2 Å². The van der Waals surface area contributed by atoms with Gasteiger partial charge in [-0.3, -0.25) is 0 Å². The van der Waals surface area contributed by atoms with Crippen LogP contribution in [0.1, 0.15) is 17.2 Å². The lowest BCUT2D eigenvalue weighted by Crippen LogP contribution is -2.14. The Bertz CT molecular complexity index is 621. The molecule has 0 aliphatic carbocycles. The predicted molar refractivity (Wildman–Crippen MR) is 82.7 cm³/mol. The first-order valence-electron chi connectivity index (χ1n) is 6.04. The summed E-state index contributed by atoms with van der Waals surface area (Å²) < 4.78 is 19.4. The van der Waals surface area contributed by atoms with Crippen LogP contribution in [0.4, 0.5) is 4.39 Å². The SMILES string of the molecule is COc1ccc(CC(N)c2ccc(Cl)cc2Br)cc1F. The molecule has 0 heterocycles. The Morgan fingerprint density at radius 2 is 2.05 bits per heavy atom. The number of hydrogen-bond donors (Lipinski definition) is 1. The number of halogens is 3. The second kappa shape index (κ2) is 6.57. The molecule has 0 radical (unpaired) electrons. The molecule has 2 N–H and O–H groups in total. The van der Waals surface area contributed by atoms with Crippen molar-refractivity contribution in [2.75, 3.05) is 7.11 Å². The molecular weight excluding hydrogens is 345 g/mol. The molecule has 2 rings (SSSR count). The molecule has 0 saturated heterocycles. The number of hydrogen-bond acceptors (Lipinski definition) is 2. The standard InChI is InChI=1S/C15H14BrClFNO/c1-20-15-5-2-9(6-13(15)18)7-14(19)11-4-3-10(17)8-12(11)16/h2-6,8,14H,7,19H2,1H3. The van der Waals surface area contributed by atoms with E-state index in [1.54, 1.807) is 18.2 Å². The van der Waals surface area contributed by atoms with Crippen molar-refractivity contribution in [3.8, 4) is 5.75 Å². The monoisotopic (exact) mass is 357 g/mol. The summed E-state index contributed by atoms with van der Waals surface area (Å²) in [5.74, 6) is -0.151. The van der Waals surface area contributed by atoms with Gasteiger partial charge in [-0.2, -0.15) is 0 Å². The first-order valence-corrected chi connectivity index (χ1v) is 7.21. The molecule has 0 fully saturated rings. The van der Waals surface area contributed by atoms with E-state index in [4.69, 9.17) is 22.1 Å². The predicted octanol–water partition coefficient (Wildman–Crippen LogP) is 4.49. The molecule has 2 nitrogen and oxygen atoms in total. The summed E-state index contributed by atoms with van der Waals surface area (Å²) in [7, 11) is 1.44. The number of rotatable bonds is 4. The van der Waals surface area contributed by atoms with Gasteiger partial charge < -0.3 is 10.5 Å².